The molecule has 0 unspecified atom stereocenters. The van der Waals surface area contributed by atoms with Gasteiger partial charge < -0.3 is 10.5 Å². The minimum atomic E-state index is -0.175. The number of aromatic nitrogens is 2. The molecule has 6 heteroatoms. The smallest absolute Gasteiger partial charge is 0.265 e. The van der Waals surface area contributed by atoms with Gasteiger partial charge in [0.2, 0.25) is 0 Å². The molecule has 112 valence electrons. The zero-order valence-electron chi connectivity index (χ0n) is 11.7. The van der Waals surface area contributed by atoms with Crippen LogP contribution in [0.2, 0.25) is 0 Å². The summed E-state index contributed by atoms with van der Waals surface area (Å²) in [5.74, 6) is 0.468. The van der Waals surface area contributed by atoms with E-state index < -0.39 is 0 Å². The second kappa shape index (κ2) is 5.95. The van der Waals surface area contributed by atoms with E-state index in [1.807, 2.05) is 6.07 Å². The molecule has 0 spiro atoms. The highest BCUT2D eigenvalue weighted by atomic mass is 19.1. The molecule has 0 atom stereocenters. The number of hydrogen-bond donors (Lipinski definition) is 1. The molecule has 3 aromatic rings. The summed E-state index contributed by atoms with van der Waals surface area (Å²) in [6, 6.07) is 10.4. The van der Waals surface area contributed by atoms with Crippen LogP contribution in [0, 0.1) is 0 Å². The van der Waals surface area contributed by atoms with E-state index in [0.29, 0.717) is 34.2 Å². The fourth-order valence-corrected chi connectivity index (χ4v) is 2.13. The molecule has 0 aliphatic rings. The Morgan fingerprint density at radius 2 is 2.23 bits per heavy atom. The van der Waals surface area contributed by atoms with E-state index in [-0.39, 0.29) is 18.7 Å². The van der Waals surface area contributed by atoms with Gasteiger partial charge in [-0.25, -0.2) is 9.37 Å². The van der Waals surface area contributed by atoms with Gasteiger partial charge in [0.25, 0.3) is 5.56 Å². The zero-order valence-corrected chi connectivity index (χ0v) is 11.7. The van der Waals surface area contributed by atoms with E-state index >= 15 is 0 Å². The van der Waals surface area contributed by atoms with Crippen LogP contribution in [-0.4, -0.2) is 22.5 Å². The van der Waals surface area contributed by atoms with Crippen LogP contribution in [0.1, 0.15) is 0 Å². The highest BCUT2D eigenvalue weighted by Gasteiger charge is 2.07. The van der Waals surface area contributed by atoms with Crippen molar-refractivity contribution in [2.45, 2.75) is 0 Å². The average molecular weight is 299 g/mol. The monoisotopic (exact) mass is 299 g/mol. The molecule has 1 aromatic carbocycles. The van der Waals surface area contributed by atoms with Crippen LogP contribution in [0.15, 0.2) is 59.3 Å². The first kappa shape index (κ1) is 14.2. The van der Waals surface area contributed by atoms with Crippen LogP contribution < -0.4 is 16.0 Å². The molecule has 5 nitrogen and oxygen atoms in total. The molecule has 0 aliphatic heterocycles. The minimum absolute atomic E-state index is 0.0425. The summed E-state index contributed by atoms with van der Waals surface area (Å²) in [6.07, 6.45) is 2.10. The predicted molar refractivity (Wildman–Crippen MR) is 82.7 cm³/mol. The van der Waals surface area contributed by atoms with Gasteiger partial charge in [0, 0.05) is 18.3 Å². The minimum Gasteiger partial charge on any atom is -0.489 e. The Hall–Kier alpha value is -2.73. The molecule has 2 heterocycles. The first-order valence-electron chi connectivity index (χ1n) is 6.75. The third-order valence-electron chi connectivity index (χ3n) is 3.33. The zero-order chi connectivity index (χ0) is 15.5. The molecule has 22 heavy (non-hydrogen) atoms. The van der Waals surface area contributed by atoms with Crippen molar-refractivity contribution in [3.05, 3.63) is 64.9 Å². The Morgan fingerprint density at radius 1 is 1.36 bits per heavy atom. The van der Waals surface area contributed by atoms with Crippen LogP contribution in [0.25, 0.3) is 16.6 Å². The Morgan fingerprint density at radius 3 is 3.00 bits per heavy atom. The van der Waals surface area contributed by atoms with Crippen LogP contribution in [0.5, 0.6) is 5.75 Å². The fraction of sp³-hybridized carbons (Fsp3) is 0.125. The molecular formula is C16H14FN3O2. The third kappa shape index (κ3) is 2.56. The number of rotatable bonds is 4. The predicted octanol–water partition coefficient (Wildman–Crippen LogP) is 2.04. The highest BCUT2D eigenvalue weighted by Crippen LogP contribution is 2.18. The molecule has 2 N–H and O–H groups in total. The summed E-state index contributed by atoms with van der Waals surface area (Å²) in [4.78, 5) is 16.9. The van der Waals surface area contributed by atoms with E-state index in [4.69, 9.17) is 10.5 Å². The molecule has 0 bridgehead atoms. The Kier molecular flexibility index (Phi) is 3.84. The average Bonchev–Trinajstić information content (AvgIpc) is 2.56. The maximum Gasteiger partial charge on any atom is 0.265 e. The molecule has 0 radical (unpaired) electrons. The number of pyridine rings is 1. The molecule has 0 saturated heterocycles. The number of nitrogens with zero attached hydrogens (tertiary/aromatic N) is 2. The van der Waals surface area contributed by atoms with E-state index in [0.717, 1.165) is 0 Å². The lowest BCUT2D eigenvalue weighted by Crippen LogP contribution is -2.15. The standard InChI is InChI=1S/C16H14FN3O2/c17-8-11(9-18)10-22-12-4-5-14-13(7-12)16(21)20-6-2-1-3-15(20)19-14/h1-8H,9-10,18H2/b11-8+. The van der Waals surface area contributed by atoms with Gasteiger partial charge in [0.05, 0.1) is 17.2 Å². The fourth-order valence-electron chi connectivity index (χ4n) is 2.13. The molecule has 3 rings (SSSR count). The summed E-state index contributed by atoms with van der Waals surface area (Å²) in [5.41, 5.74) is 6.71. The van der Waals surface area contributed by atoms with Crippen molar-refractivity contribution in [2.24, 2.45) is 5.73 Å². The van der Waals surface area contributed by atoms with Crippen molar-refractivity contribution in [1.29, 1.82) is 0 Å². The van der Waals surface area contributed by atoms with Gasteiger partial charge in [-0.15, -0.1) is 0 Å². The van der Waals surface area contributed by atoms with E-state index in [1.165, 1.54) is 4.40 Å². The maximum absolute atomic E-state index is 12.5. The normalized spacial score (nSPS) is 12.0. The Labute approximate surface area is 125 Å². The van der Waals surface area contributed by atoms with Gasteiger partial charge in [-0.2, -0.15) is 0 Å². The Balaban J connectivity index is 2.04. The second-order valence-corrected chi connectivity index (χ2v) is 4.78. The molecule has 0 saturated carbocycles. The van der Waals surface area contributed by atoms with Crippen molar-refractivity contribution in [3.63, 3.8) is 0 Å². The van der Waals surface area contributed by atoms with Crippen molar-refractivity contribution in [1.82, 2.24) is 9.38 Å². The second-order valence-electron chi connectivity index (χ2n) is 4.78. The number of fused-ring (bicyclic) bond motifs is 2. The number of nitrogens with two attached hydrogens (primary N) is 1. The lowest BCUT2D eigenvalue weighted by atomic mass is 10.2. The van der Waals surface area contributed by atoms with E-state index in [9.17, 15) is 9.18 Å². The summed E-state index contributed by atoms with van der Waals surface area (Å²) < 4.78 is 19.4. The van der Waals surface area contributed by atoms with Gasteiger partial charge in [-0.1, -0.05) is 6.07 Å². The van der Waals surface area contributed by atoms with Gasteiger partial charge in [0.1, 0.15) is 18.0 Å². The number of benzene rings is 1. The molecule has 0 amide bonds. The van der Waals surface area contributed by atoms with Crippen molar-refractivity contribution in [3.8, 4) is 5.75 Å². The first-order valence-corrected chi connectivity index (χ1v) is 6.75. The lowest BCUT2D eigenvalue weighted by molar-refractivity contribution is 0.348. The molecule has 0 aliphatic carbocycles. The van der Waals surface area contributed by atoms with Gasteiger partial charge in [-0.05, 0) is 30.3 Å². The van der Waals surface area contributed by atoms with E-state index in [2.05, 4.69) is 4.98 Å². The van der Waals surface area contributed by atoms with Crippen LogP contribution >= 0.6 is 0 Å². The van der Waals surface area contributed by atoms with Crippen molar-refractivity contribution >= 4 is 16.6 Å². The summed E-state index contributed by atoms with van der Waals surface area (Å²) in [6.45, 7) is 0.125. The number of halogens is 1. The van der Waals surface area contributed by atoms with Gasteiger partial charge in [0.15, 0.2) is 0 Å². The van der Waals surface area contributed by atoms with Gasteiger partial charge >= 0.3 is 0 Å². The SMILES string of the molecule is NC/C(=C\F)COc1ccc2nc3ccccn3c(=O)c2c1. The number of ether oxygens (including phenoxy) is 1. The Bertz CT molecular complexity index is 918. The number of hydrogen-bond acceptors (Lipinski definition) is 4. The maximum atomic E-state index is 12.5. The lowest BCUT2D eigenvalue weighted by Gasteiger charge is -2.08. The summed E-state index contributed by atoms with van der Waals surface area (Å²) in [5, 5.41) is 0.444. The molecular weight excluding hydrogens is 285 g/mol. The highest BCUT2D eigenvalue weighted by molar-refractivity contribution is 5.81. The van der Waals surface area contributed by atoms with Crippen molar-refractivity contribution < 1.29 is 9.13 Å². The van der Waals surface area contributed by atoms with Crippen molar-refractivity contribution in [2.75, 3.05) is 13.2 Å². The van der Waals surface area contributed by atoms with Crippen LogP contribution in [0.4, 0.5) is 4.39 Å². The molecule has 0 fully saturated rings. The quantitative estimate of drug-likeness (QED) is 0.748. The largest absolute Gasteiger partial charge is 0.489 e. The summed E-state index contributed by atoms with van der Waals surface area (Å²) >= 11 is 0. The van der Waals surface area contributed by atoms with Crippen LogP contribution in [0.3, 0.4) is 0 Å². The summed E-state index contributed by atoms with van der Waals surface area (Å²) in [7, 11) is 0. The molecule has 2 aromatic heterocycles. The third-order valence-corrected chi connectivity index (χ3v) is 3.33. The van der Waals surface area contributed by atoms with E-state index in [1.54, 1.807) is 36.5 Å². The van der Waals surface area contributed by atoms with Gasteiger partial charge in [-0.3, -0.25) is 9.20 Å². The van der Waals surface area contributed by atoms with Crippen LogP contribution in [-0.2, 0) is 0 Å². The topological polar surface area (TPSA) is 69.6 Å². The first-order chi connectivity index (χ1) is 10.7.